The van der Waals surface area contributed by atoms with Crippen LogP contribution in [0.2, 0.25) is 0 Å². The van der Waals surface area contributed by atoms with Crippen LogP contribution in [0.15, 0.2) is 54.2 Å². The third-order valence-electron chi connectivity index (χ3n) is 5.95. The quantitative estimate of drug-likeness (QED) is 0.765. The van der Waals surface area contributed by atoms with Crippen LogP contribution in [0.25, 0.3) is 5.57 Å². The molecule has 1 saturated heterocycles. The molecule has 0 aromatic heterocycles. The van der Waals surface area contributed by atoms with Crippen LogP contribution in [0.1, 0.15) is 37.8 Å². The Morgan fingerprint density at radius 2 is 1.55 bits per heavy atom. The predicted molar refractivity (Wildman–Crippen MR) is 121 cm³/mol. The summed E-state index contributed by atoms with van der Waals surface area (Å²) in [6.07, 6.45) is 1.98. The highest BCUT2D eigenvalue weighted by molar-refractivity contribution is 6.45. The number of imide groups is 1. The van der Waals surface area contributed by atoms with Crippen molar-refractivity contribution in [2.24, 2.45) is 5.92 Å². The van der Waals surface area contributed by atoms with Crippen molar-refractivity contribution in [3.05, 3.63) is 65.4 Å². The maximum atomic E-state index is 13.5. The Morgan fingerprint density at radius 3 is 2.13 bits per heavy atom. The number of piperidine rings is 1. The highest BCUT2D eigenvalue weighted by Crippen LogP contribution is 2.36. The monoisotopic (exact) mass is 417 g/mol. The van der Waals surface area contributed by atoms with Gasteiger partial charge in [0, 0.05) is 25.7 Å². The van der Waals surface area contributed by atoms with Crippen LogP contribution in [-0.4, -0.2) is 35.7 Å². The Morgan fingerprint density at radius 1 is 0.935 bits per heavy atom. The first-order valence-corrected chi connectivity index (χ1v) is 10.7. The molecule has 6 heteroatoms. The maximum Gasteiger partial charge on any atom is 0.282 e. The lowest BCUT2D eigenvalue weighted by atomic mass is 9.97. The van der Waals surface area contributed by atoms with Gasteiger partial charge in [-0.15, -0.1) is 0 Å². The zero-order valence-corrected chi connectivity index (χ0v) is 18.1. The van der Waals surface area contributed by atoms with E-state index >= 15 is 0 Å². The molecule has 2 aliphatic rings. The number of aryl methyl sites for hydroxylation is 1. The van der Waals surface area contributed by atoms with E-state index < -0.39 is 0 Å². The normalized spacial score (nSPS) is 17.5. The van der Waals surface area contributed by atoms with Crippen molar-refractivity contribution in [3.8, 4) is 0 Å². The summed E-state index contributed by atoms with van der Waals surface area (Å²) in [7, 11) is 0. The lowest BCUT2D eigenvalue weighted by Crippen LogP contribution is -2.38. The van der Waals surface area contributed by atoms with Crippen molar-refractivity contribution in [1.82, 2.24) is 4.90 Å². The Hall–Kier alpha value is -3.41. The molecule has 0 bridgehead atoms. The number of carbonyl (C=O) groups excluding carboxylic acids is 3. The number of hydrogen-bond donors (Lipinski definition) is 1. The topological polar surface area (TPSA) is 69.7 Å². The molecule has 1 N–H and O–H groups in total. The third kappa shape index (κ3) is 4.10. The molecule has 2 aromatic rings. The smallest absolute Gasteiger partial charge is 0.282 e. The molecule has 6 nitrogen and oxygen atoms in total. The highest BCUT2D eigenvalue weighted by atomic mass is 16.2. The van der Waals surface area contributed by atoms with E-state index in [1.807, 2.05) is 31.2 Å². The second-order valence-electron chi connectivity index (χ2n) is 8.43. The zero-order chi connectivity index (χ0) is 22.1. The van der Waals surface area contributed by atoms with Gasteiger partial charge in [0.2, 0.25) is 5.91 Å². The number of amides is 3. The summed E-state index contributed by atoms with van der Waals surface area (Å²) < 4.78 is 0. The Kier molecular flexibility index (Phi) is 5.63. The van der Waals surface area contributed by atoms with Gasteiger partial charge in [0.25, 0.3) is 11.8 Å². The van der Waals surface area contributed by atoms with Gasteiger partial charge in [-0.2, -0.15) is 0 Å². The average Bonchev–Trinajstić information content (AvgIpc) is 3.00. The SMILES string of the molecule is CC(=O)Nc1ccc(C2=C(N3CCC(C)CC3)C(=O)N(c3ccc(C)cc3)C2=O)cc1. The van der Waals surface area contributed by atoms with Crippen LogP contribution in [0.3, 0.4) is 0 Å². The number of nitrogens with zero attached hydrogens (tertiary/aromatic N) is 2. The summed E-state index contributed by atoms with van der Waals surface area (Å²) >= 11 is 0. The molecular weight excluding hydrogens is 390 g/mol. The summed E-state index contributed by atoms with van der Waals surface area (Å²) in [4.78, 5) is 41.7. The summed E-state index contributed by atoms with van der Waals surface area (Å²) in [5.41, 5.74) is 3.87. The molecule has 0 atom stereocenters. The number of benzene rings is 2. The fourth-order valence-electron chi connectivity index (χ4n) is 4.16. The van der Waals surface area contributed by atoms with Crippen LogP contribution in [0, 0.1) is 12.8 Å². The summed E-state index contributed by atoms with van der Waals surface area (Å²) in [6, 6.07) is 14.5. The largest absolute Gasteiger partial charge is 0.366 e. The van der Waals surface area contributed by atoms with Crippen LogP contribution < -0.4 is 10.2 Å². The Bertz CT molecular complexity index is 1050. The average molecular weight is 418 g/mol. The van der Waals surface area contributed by atoms with Gasteiger partial charge in [0.1, 0.15) is 5.70 Å². The van der Waals surface area contributed by atoms with E-state index in [0.717, 1.165) is 31.5 Å². The van der Waals surface area contributed by atoms with Crippen molar-refractivity contribution < 1.29 is 14.4 Å². The molecule has 31 heavy (non-hydrogen) atoms. The van der Waals surface area contributed by atoms with Gasteiger partial charge < -0.3 is 10.2 Å². The summed E-state index contributed by atoms with van der Waals surface area (Å²) in [5, 5.41) is 2.73. The van der Waals surface area contributed by atoms with E-state index in [1.165, 1.54) is 11.8 Å². The minimum absolute atomic E-state index is 0.159. The van der Waals surface area contributed by atoms with E-state index in [-0.39, 0.29) is 17.7 Å². The fourth-order valence-corrected chi connectivity index (χ4v) is 4.16. The number of hydrogen-bond acceptors (Lipinski definition) is 4. The van der Waals surface area contributed by atoms with Crippen LogP contribution in [-0.2, 0) is 14.4 Å². The molecule has 0 saturated carbocycles. The molecule has 3 amide bonds. The number of rotatable bonds is 4. The number of nitrogens with one attached hydrogen (secondary N) is 1. The number of carbonyl (C=O) groups is 3. The van der Waals surface area contributed by atoms with Crippen LogP contribution in [0.5, 0.6) is 0 Å². The van der Waals surface area contributed by atoms with Gasteiger partial charge in [0.15, 0.2) is 0 Å². The van der Waals surface area contributed by atoms with E-state index in [1.54, 1.807) is 24.3 Å². The van der Waals surface area contributed by atoms with Gasteiger partial charge in [0.05, 0.1) is 11.3 Å². The molecule has 1 fully saturated rings. The predicted octanol–water partition coefficient (Wildman–Crippen LogP) is 3.97. The molecular formula is C25H27N3O3. The first kappa shape index (κ1) is 20.8. The van der Waals surface area contributed by atoms with E-state index in [4.69, 9.17) is 0 Å². The minimum Gasteiger partial charge on any atom is -0.366 e. The van der Waals surface area contributed by atoms with Crippen molar-refractivity contribution in [2.45, 2.75) is 33.6 Å². The summed E-state index contributed by atoms with van der Waals surface area (Å²) in [6.45, 7) is 7.14. The number of likely N-dealkylation sites (tertiary alicyclic amines) is 1. The standard InChI is InChI=1S/C25H27N3O3/c1-16-4-10-21(11-5-16)28-24(30)22(19-6-8-20(9-7-19)26-18(3)29)23(25(28)31)27-14-12-17(2)13-15-27/h4-11,17H,12-15H2,1-3H3,(H,26,29). The Balaban J connectivity index is 1.76. The van der Waals surface area contributed by atoms with E-state index in [0.29, 0.717) is 34.1 Å². The van der Waals surface area contributed by atoms with E-state index in [2.05, 4.69) is 17.1 Å². The highest BCUT2D eigenvalue weighted by Gasteiger charge is 2.42. The van der Waals surface area contributed by atoms with Crippen molar-refractivity contribution in [1.29, 1.82) is 0 Å². The molecule has 0 spiro atoms. The van der Waals surface area contributed by atoms with Crippen molar-refractivity contribution in [3.63, 3.8) is 0 Å². The van der Waals surface area contributed by atoms with E-state index in [9.17, 15) is 14.4 Å². The molecule has 0 radical (unpaired) electrons. The summed E-state index contributed by atoms with van der Waals surface area (Å²) in [5.74, 6) is -0.135. The molecule has 2 aromatic carbocycles. The molecule has 2 aliphatic heterocycles. The zero-order valence-electron chi connectivity index (χ0n) is 18.1. The maximum absolute atomic E-state index is 13.5. The fraction of sp³-hybridized carbons (Fsp3) is 0.320. The molecule has 160 valence electrons. The van der Waals surface area contributed by atoms with Gasteiger partial charge in [-0.1, -0.05) is 36.8 Å². The number of anilines is 2. The third-order valence-corrected chi connectivity index (χ3v) is 5.95. The van der Waals surface area contributed by atoms with Crippen LogP contribution >= 0.6 is 0 Å². The molecule has 0 aliphatic carbocycles. The lowest BCUT2D eigenvalue weighted by Gasteiger charge is -2.32. The van der Waals surface area contributed by atoms with Crippen LogP contribution in [0.4, 0.5) is 11.4 Å². The second kappa shape index (κ2) is 8.38. The van der Waals surface area contributed by atoms with Crippen molar-refractivity contribution in [2.75, 3.05) is 23.3 Å². The van der Waals surface area contributed by atoms with Gasteiger partial charge in [-0.05, 0) is 55.5 Å². The van der Waals surface area contributed by atoms with Gasteiger partial charge in [-0.25, -0.2) is 4.90 Å². The lowest BCUT2D eigenvalue weighted by molar-refractivity contribution is -0.121. The second-order valence-corrected chi connectivity index (χ2v) is 8.43. The minimum atomic E-state index is -0.310. The van der Waals surface area contributed by atoms with Crippen molar-refractivity contribution >= 4 is 34.7 Å². The van der Waals surface area contributed by atoms with Gasteiger partial charge in [-0.3, -0.25) is 14.4 Å². The molecule has 0 unspecified atom stereocenters. The molecule has 4 rings (SSSR count). The first-order valence-electron chi connectivity index (χ1n) is 10.7. The molecule has 2 heterocycles. The first-order chi connectivity index (χ1) is 14.8. The Labute approximate surface area is 182 Å². The van der Waals surface area contributed by atoms with Gasteiger partial charge >= 0.3 is 0 Å².